The van der Waals surface area contributed by atoms with Crippen LogP contribution < -0.4 is 10.3 Å². The lowest BCUT2D eigenvalue weighted by atomic mass is 10.1. The van der Waals surface area contributed by atoms with Gasteiger partial charge in [0.05, 0.1) is 29.1 Å². The van der Waals surface area contributed by atoms with E-state index in [4.69, 9.17) is 21.1 Å². The van der Waals surface area contributed by atoms with E-state index >= 15 is 0 Å². The number of aromatic amines is 1. The molecular formula is C26H24ClN3O4. The number of H-pyrrole nitrogens is 1. The third-order valence-electron chi connectivity index (χ3n) is 5.31. The summed E-state index contributed by atoms with van der Waals surface area (Å²) in [5, 5.41) is 0.913. The maximum atomic E-state index is 13.0. The van der Waals surface area contributed by atoms with Gasteiger partial charge in [0.2, 0.25) is 0 Å². The lowest BCUT2D eigenvalue weighted by molar-refractivity contribution is -0.134. The number of rotatable bonds is 9. The van der Waals surface area contributed by atoms with E-state index in [1.54, 1.807) is 31.4 Å². The second-order valence-corrected chi connectivity index (χ2v) is 8.04. The zero-order chi connectivity index (χ0) is 23.9. The molecule has 0 aliphatic rings. The zero-order valence-corrected chi connectivity index (χ0v) is 19.4. The van der Waals surface area contributed by atoms with Crippen molar-refractivity contribution in [1.29, 1.82) is 0 Å². The minimum absolute atomic E-state index is 0.117. The van der Waals surface area contributed by atoms with Crippen LogP contribution in [-0.4, -0.2) is 47.6 Å². The summed E-state index contributed by atoms with van der Waals surface area (Å²) in [5.74, 6) is 0.521. The van der Waals surface area contributed by atoms with Crippen LogP contribution >= 0.6 is 11.6 Å². The number of nitrogens with one attached hydrogen (secondary N) is 1. The summed E-state index contributed by atoms with van der Waals surface area (Å²) in [4.78, 5) is 34.1. The van der Waals surface area contributed by atoms with Crippen LogP contribution in [0.2, 0.25) is 5.02 Å². The fourth-order valence-electron chi connectivity index (χ4n) is 3.54. The molecule has 0 radical (unpaired) electrons. The number of para-hydroxylation sites is 1. The first kappa shape index (κ1) is 23.5. The van der Waals surface area contributed by atoms with Crippen molar-refractivity contribution in [3.8, 4) is 16.9 Å². The van der Waals surface area contributed by atoms with Crippen LogP contribution in [-0.2, 0) is 16.1 Å². The van der Waals surface area contributed by atoms with E-state index < -0.39 is 0 Å². The Kier molecular flexibility index (Phi) is 7.57. The summed E-state index contributed by atoms with van der Waals surface area (Å²) < 4.78 is 10.9. The monoisotopic (exact) mass is 477 g/mol. The number of fused-ring (bicyclic) bond motifs is 1. The largest absolute Gasteiger partial charge is 0.482 e. The molecule has 0 saturated heterocycles. The lowest BCUT2D eigenvalue weighted by Gasteiger charge is -2.22. The number of carbonyl (C=O) groups is 1. The van der Waals surface area contributed by atoms with E-state index in [2.05, 4.69) is 9.97 Å². The predicted octanol–water partition coefficient (Wildman–Crippen LogP) is 4.30. The molecule has 0 saturated carbocycles. The molecule has 1 N–H and O–H groups in total. The van der Waals surface area contributed by atoms with Crippen LogP contribution in [0.4, 0.5) is 0 Å². The van der Waals surface area contributed by atoms with Crippen LogP contribution in [0.15, 0.2) is 77.6 Å². The van der Waals surface area contributed by atoms with Gasteiger partial charge >= 0.3 is 0 Å². The molecule has 1 amide bonds. The molecule has 0 unspecified atom stereocenters. The zero-order valence-electron chi connectivity index (χ0n) is 18.7. The quantitative estimate of drug-likeness (QED) is 0.388. The SMILES string of the molecule is COCCN(Cc1nc2ccccc2c(=O)[nH]1)C(=O)COc1ccc(-c2ccccc2)cc1Cl. The van der Waals surface area contributed by atoms with Crippen molar-refractivity contribution in [2.45, 2.75) is 6.54 Å². The molecular weight excluding hydrogens is 454 g/mol. The number of aromatic nitrogens is 2. The van der Waals surface area contributed by atoms with Crippen LogP contribution in [0.25, 0.3) is 22.0 Å². The van der Waals surface area contributed by atoms with Crippen LogP contribution in [0.5, 0.6) is 5.75 Å². The van der Waals surface area contributed by atoms with Crippen molar-refractivity contribution in [3.63, 3.8) is 0 Å². The van der Waals surface area contributed by atoms with Gasteiger partial charge in [-0.3, -0.25) is 9.59 Å². The van der Waals surface area contributed by atoms with E-state index in [9.17, 15) is 9.59 Å². The van der Waals surface area contributed by atoms with Crippen LogP contribution in [0, 0.1) is 0 Å². The van der Waals surface area contributed by atoms with Crippen molar-refractivity contribution in [3.05, 3.63) is 94.0 Å². The number of ether oxygens (including phenoxy) is 2. The third kappa shape index (κ3) is 5.62. The van der Waals surface area contributed by atoms with Gasteiger partial charge in [-0.15, -0.1) is 0 Å². The van der Waals surface area contributed by atoms with Crippen molar-refractivity contribution in [2.24, 2.45) is 0 Å². The molecule has 0 aliphatic carbocycles. The van der Waals surface area contributed by atoms with Crippen LogP contribution in [0.3, 0.4) is 0 Å². The number of nitrogens with zero attached hydrogens (tertiary/aromatic N) is 2. The average Bonchev–Trinajstić information content (AvgIpc) is 2.86. The number of hydrogen-bond donors (Lipinski definition) is 1. The molecule has 0 bridgehead atoms. The highest BCUT2D eigenvalue weighted by Crippen LogP contribution is 2.30. The number of hydrogen-bond acceptors (Lipinski definition) is 5. The standard InChI is InChI=1S/C26H24ClN3O4/c1-33-14-13-30(16-24-28-22-10-6-5-9-20(22)26(32)29-24)25(31)17-34-23-12-11-19(15-21(23)27)18-7-3-2-4-8-18/h2-12,15H,13-14,16-17H2,1H3,(H,28,29,32). The Hall–Kier alpha value is -3.68. The molecule has 174 valence electrons. The summed E-state index contributed by atoms with van der Waals surface area (Å²) >= 11 is 6.41. The summed E-state index contributed by atoms with van der Waals surface area (Å²) in [5.41, 5.74) is 2.31. The fraction of sp³-hybridized carbons (Fsp3) is 0.192. The fourth-order valence-corrected chi connectivity index (χ4v) is 3.78. The van der Waals surface area contributed by atoms with Crippen molar-refractivity contribution < 1.29 is 14.3 Å². The Morgan fingerprint density at radius 2 is 1.79 bits per heavy atom. The smallest absolute Gasteiger partial charge is 0.260 e. The summed E-state index contributed by atoms with van der Waals surface area (Å²) in [7, 11) is 1.56. The van der Waals surface area contributed by atoms with Crippen molar-refractivity contribution >= 4 is 28.4 Å². The minimum atomic E-state index is -0.281. The number of amides is 1. The second kappa shape index (κ2) is 11.0. The lowest BCUT2D eigenvalue weighted by Crippen LogP contribution is -2.37. The van der Waals surface area contributed by atoms with Gasteiger partial charge in [-0.05, 0) is 35.4 Å². The molecule has 7 nitrogen and oxygen atoms in total. The Balaban J connectivity index is 1.46. The Bertz CT molecular complexity index is 1340. The van der Waals surface area contributed by atoms with E-state index in [0.29, 0.717) is 40.7 Å². The van der Waals surface area contributed by atoms with Gasteiger partial charge < -0.3 is 19.4 Å². The molecule has 0 atom stereocenters. The highest BCUT2D eigenvalue weighted by atomic mass is 35.5. The average molecular weight is 478 g/mol. The first-order chi connectivity index (χ1) is 16.5. The Labute approximate surface area is 201 Å². The maximum absolute atomic E-state index is 13.0. The third-order valence-corrected chi connectivity index (χ3v) is 5.61. The second-order valence-electron chi connectivity index (χ2n) is 7.64. The van der Waals surface area contributed by atoms with Gasteiger partial charge in [0.1, 0.15) is 11.6 Å². The van der Waals surface area contributed by atoms with Gasteiger partial charge in [0.25, 0.3) is 11.5 Å². The maximum Gasteiger partial charge on any atom is 0.260 e. The number of methoxy groups -OCH3 is 1. The molecule has 3 aromatic carbocycles. The number of halogens is 1. The summed E-state index contributed by atoms with van der Waals surface area (Å²) in [6, 6.07) is 22.4. The van der Waals surface area contributed by atoms with Gasteiger partial charge in [-0.1, -0.05) is 60.1 Å². The van der Waals surface area contributed by atoms with E-state index in [1.807, 2.05) is 48.5 Å². The molecule has 0 spiro atoms. The Morgan fingerprint density at radius 1 is 1.03 bits per heavy atom. The van der Waals surface area contributed by atoms with Gasteiger partial charge in [0, 0.05) is 13.7 Å². The topological polar surface area (TPSA) is 84.5 Å². The molecule has 4 aromatic rings. The highest BCUT2D eigenvalue weighted by molar-refractivity contribution is 6.32. The van der Waals surface area contributed by atoms with Crippen LogP contribution in [0.1, 0.15) is 5.82 Å². The summed E-state index contributed by atoms with van der Waals surface area (Å²) in [6.07, 6.45) is 0. The number of carbonyl (C=O) groups excluding carboxylic acids is 1. The highest BCUT2D eigenvalue weighted by Gasteiger charge is 2.17. The molecule has 0 fully saturated rings. The van der Waals surface area contributed by atoms with E-state index in [-0.39, 0.29) is 24.6 Å². The molecule has 34 heavy (non-hydrogen) atoms. The van der Waals surface area contributed by atoms with Gasteiger partial charge in [-0.25, -0.2) is 4.98 Å². The first-order valence-corrected chi connectivity index (χ1v) is 11.2. The Morgan fingerprint density at radius 3 is 2.56 bits per heavy atom. The molecule has 4 rings (SSSR count). The molecule has 8 heteroatoms. The molecule has 0 aliphatic heterocycles. The van der Waals surface area contributed by atoms with Crippen molar-refractivity contribution in [2.75, 3.05) is 26.9 Å². The van der Waals surface area contributed by atoms with Gasteiger partial charge in [-0.2, -0.15) is 0 Å². The summed E-state index contributed by atoms with van der Waals surface area (Å²) in [6.45, 7) is 0.546. The first-order valence-electron chi connectivity index (χ1n) is 10.8. The molecule has 1 heterocycles. The van der Waals surface area contributed by atoms with E-state index in [0.717, 1.165) is 11.1 Å². The van der Waals surface area contributed by atoms with Gasteiger partial charge in [0.15, 0.2) is 6.61 Å². The predicted molar refractivity (Wildman–Crippen MR) is 132 cm³/mol. The number of benzene rings is 3. The molecule has 1 aromatic heterocycles. The van der Waals surface area contributed by atoms with Crippen molar-refractivity contribution in [1.82, 2.24) is 14.9 Å². The normalized spacial score (nSPS) is 10.9. The minimum Gasteiger partial charge on any atom is -0.482 e. The van der Waals surface area contributed by atoms with E-state index in [1.165, 1.54) is 4.90 Å².